The van der Waals surface area contributed by atoms with Gasteiger partial charge in [-0.3, -0.25) is 14.8 Å². The monoisotopic (exact) mass is 366 g/mol. The molecule has 2 aromatic heterocycles. The molecule has 0 radical (unpaired) electrons. The number of nitrogens with zero attached hydrogens (tertiary/aromatic N) is 6. The highest BCUT2D eigenvalue weighted by Crippen LogP contribution is 2.40. The summed E-state index contributed by atoms with van der Waals surface area (Å²) in [6, 6.07) is 2.05. The molecule has 2 aromatic rings. The number of aromatic nitrogens is 4. The number of rotatable bonds is 3. The quantitative estimate of drug-likeness (QED) is 0.830. The van der Waals surface area contributed by atoms with Crippen molar-refractivity contribution in [2.24, 2.45) is 5.41 Å². The van der Waals surface area contributed by atoms with Gasteiger partial charge in [0.25, 0.3) is 0 Å². The Morgan fingerprint density at radius 2 is 1.93 bits per heavy atom. The number of anilines is 1. The standard InChI is InChI=1S/C20H26N6O/c1-15-8-18(24-14-23-15)25-7-3-5-20(12-25)6-4-19(27)26(13-20)11-17-10-21-16(2)9-22-17/h8-10,14H,3-7,11-13H2,1-2H3. The highest BCUT2D eigenvalue weighted by Gasteiger charge is 2.42. The fraction of sp³-hybridized carbons (Fsp3) is 0.550. The summed E-state index contributed by atoms with van der Waals surface area (Å²) in [5.41, 5.74) is 2.86. The Bertz CT molecular complexity index is 823. The lowest BCUT2D eigenvalue weighted by Crippen LogP contribution is -2.54. The molecule has 0 saturated carbocycles. The number of piperidine rings is 2. The van der Waals surface area contributed by atoms with Gasteiger partial charge in [0.15, 0.2) is 0 Å². The van der Waals surface area contributed by atoms with Gasteiger partial charge < -0.3 is 9.80 Å². The van der Waals surface area contributed by atoms with Crippen LogP contribution in [-0.4, -0.2) is 50.4 Å². The second kappa shape index (κ2) is 7.21. The molecule has 7 nitrogen and oxygen atoms in total. The Balaban J connectivity index is 1.50. The topological polar surface area (TPSA) is 75.1 Å². The highest BCUT2D eigenvalue weighted by atomic mass is 16.2. The zero-order valence-electron chi connectivity index (χ0n) is 16.1. The molecule has 1 unspecified atom stereocenters. The van der Waals surface area contributed by atoms with Crippen LogP contribution in [0, 0.1) is 19.3 Å². The van der Waals surface area contributed by atoms with Gasteiger partial charge in [-0.1, -0.05) is 0 Å². The number of hydrogen-bond donors (Lipinski definition) is 0. The molecular weight excluding hydrogens is 340 g/mol. The number of amides is 1. The highest BCUT2D eigenvalue weighted by molar-refractivity contribution is 5.77. The number of likely N-dealkylation sites (tertiary alicyclic amines) is 1. The van der Waals surface area contributed by atoms with Gasteiger partial charge in [-0.2, -0.15) is 0 Å². The zero-order chi connectivity index (χ0) is 18.9. The molecule has 2 aliphatic rings. The molecule has 0 bridgehead atoms. The lowest BCUT2D eigenvalue weighted by molar-refractivity contribution is -0.138. The van der Waals surface area contributed by atoms with E-state index in [-0.39, 0.29) is 11.3 Å². The second-order valence-corrected chi connectivity index (χ2v) is 7.94. The largest absolute Gasteiger partial charge is 0.356 e. The van der Waals surface area contributed by atoms with Gasteiger partial charge >= 0.3 is 0 Å². The van der Waals surface area contributed by atoms with Crippen molar-refractivity contribution < 1.29 is 4.79 Å². The van der Waals surface area contributed by atoms with Crippen LogP contribution in [0.2, 0.25) is 0 Å². The predicted octanol–water partition coefficient (Wildman–Crippen LogP) is 2.29. The van der Waals surface area contributed by atoms with Crippen LogP contribution < -0.4 is 4.90 Å². The van der Waals surface area contributed by atoms with Gasteiger partial charge in [0, 0.05) is 49.4 Å². The molecular formula is C20H26N6O. The predicted molar refractivity (Wildman–Crippen MR) is 102 cm³/mol. The van der Waals surface area contributed by atoms with Gasteiger partial charge in [-0.25, -0.2) is 9.97 Å². The van der Waals surface area contributed by atoms with Crippen molar-refractivity contribution in [1.29, 1.82) is 0 Å². The summed E-state index contributed by atoms with van der Waals surface area (Å²) in [5, 5.41) is 0. The molecule has 1 amide bonds. The maximum atomic E-state index is 12.5. The van der Waals surface area contributed by atoms with Crippen molar-refractivity contribution >= 4 is 11.7 Å². The zero-order valence-corrected chi connectivity index (χ0v) is 16.1. The first-order chi connectivity index (χ1) is 13.0. The van der Waals surface area contributed by atoms with E-state index in [1.807, 2.05) is 24.8 Å². The Morgan fingerprint density at radius 1 is 1.04 bits per heavy atom. The summed E-state index contributed by atoms with van der Waals surface area (Å²) in [7, 11) is 0. The number of aryl methyl sites for hydroxylation is 2. The normalized spacial score (nSPS) is 23.1. The lowest BCUT2D eigenvalue weighted by Gasteiger charge is -2.48. The van der Waals surface area contributed by atoms with E-state index in [4.69, 9.17) is 0 Å². The molecule has 0 aliphatic carbocycles. The van der Waals surface area contributed by atoms with E-state index in [9.17, 15) is 4.79 Å². The van der Waals surface area contributed by atoms with Crippen molar-refractivity contribution in [2.45, 2.75) is 46.1 Å². The van der Waals surface area contributed by atoms with Gasteiger partial charge in [0.2, 0.25) is 5.91 Å². The number of carbonyl (C=O) groups excluding carboxylic acids is 1. The van der Waals surface area contributed by atoms with Crippen LogP contribution in [0.3, 0.4) is 0 Å². The van der Waals surface area contributed by atoms with Gasteiger partial charge in [0.05, 0.1) is 24.1 Å². The molecule has 7 heteroatoms. The van der Waals surface area contributed by atoms with E-state index in [1.165, 1.54) is 0 Å². The van der Waals surface area contributed by atoms with Crippen LogP contribution in [-0.2, 0) is 11.3 Å². The van der Waals surface area contributed by atoms with E-state index in [0.29, 0.717) is 13.0 Å². The van der Waals surface area contributed by atoms with Crippen LogP contribution in [0.1, 0.15) is 42.8 Å². The molecule has 27 heavy (non-hydrogen) atoms. The smallest absolute Gasteiger partial charge is 0.222 e. The van der Waals surface area contributed by atoms with E-state index < -0.39 is 0 Å². The number of carbonyl (C=O) groups is 1. The summed E-state index contributed by atoms with van der Waals surface area (Å²) >= 11 is 0. The van der Waals surface area contributed by atoms with E-state index >= 15 is 0 Å². The molecule has 4 heterocycles. The maximum absolute atomic E-state index is 12.5. The molecule has 4 rings (SSSR count). The minimum Gasteiger partial charge on any atom is -0.356 e. The second-order valence-electron chi connectivity index (χ2n) is 7.94. The Labute approximate surface area is 159 Å². The summed E-state index contributed by atoms with van der Waals surface area (Å²) in [6.07, 6.45) is 9.00. The fourth-order valence-corrected chi connectivity index (χ4v) is 4.29. The SMILES string of the molecule is Cc1cnc(CN2CC3(CCCN(c4cc(C)ncn4)C3)CCC2=O)cn1. The van der Waals surface area contributed by atoms with Gasteiger partial charge in [-0.05, 0) is 33.1 Å². The Morgan fingerprint density at radius 3 is 2.70 bits per heavy atom. The molecule has 0 N–H and O–H groups in total. The van der Waals surface area contributed by atoms with E-state index in [0.717, 1.165) is 61.8 Å². The fourth-order valence-electron chi connectivity index (χ4n) is 4.29. The van der Waals surface area contributed by atoms with E-state index in [2.05, 4.69) is 24.8 Å². The van der Waals surface area contributed by atoms with Crippen molar-refractivity contribution in [1.82, 2.24) is 24.8 Å². The van der Waals surface area contributed by atoms with Crippen LogP contribution in [0.5, 0.6) is 0 Å². The van der Waals surface area contributed by atoms with E-state index in [1.54, 1.807) is 18.7 Å². The average molecular weight is 366 g/mol. The molecule has 2 saturated heterocycles. The minimum absolute atomic E-state index is 0.128. The third-order valence-electron chi connectivity index (χ3n) is 5.71. The van der Waals surface area contributed by atoms with Crippen molar-refractivity contribution in [3.05, 3.63) is 41.9 Å². The molecule has 2 fully saturated rings. The van der Waals surface area contributed by atoms with Crippen molar-refractivity contribution in [2.75, 3.05) is 24.5 Å². The number of hydrogen-bond acceptors (Lipinski definition) is 6. The maximum Gasteiger partial charge on any atom is 0.222 e. The van der Waals surface area contributed by atoms with Crippen LogP contribution in [0.15, 0.2) is 24.8 Å². The van der Waals surface area contributed by atoms with Crippen LogP contribution in [0.4, 0.5) is 5.82 Å². The lowest BCUT2D eigenvalue weighted by atomic mass is 9.73. The molecule has 0 aromatic carbocycles. The third kappa shape index (κ3) is 3.91. The summed E-state index contributed by atoms with van der Waals surface area (Å²) in [4.78, 5) is 34.3. The van der Waals surface area contributed by atoms with Gasteiger partial charge in [0.1, 0.15) is 12.1 Å². The third-order valence-corrected chi connectivity index (χ3v) is 5.71. The first kappa shape index (κ1) is 17.8. The summed E-state index contributed by atoms with van der Waals surface area (Å²) < 4.78 is 0. The van der Waals surface area contributed by atoms with Crippen molar-refractivity contribution in [3.63, 3.8) is 0 Å². The molecule has 142 valence electrons. The van der Waals surface area contributed by atoms with Gasteiger partial charge in [-0.15, -0.1) is 0 Å². The van der Waals surface area contributed by atoms with Crippen molar-refractivity contribution in [3.8, 4) is 0 Å². The van der Waals surface area contributed by atoms with Crippen LogP contribution >= 0.6 is 0 Å². The first-order valence-corrected chi connectivity index (χ1v) is 9.62. The Hall–Kier alpha value is -2.57. The first-order valence-electron chi connectivity index (χ1n) is 9.62. The van der Waals surface area contributed by atoms with Crippen LogP contribution in [0.25, 0.3) is 0 Å². The minimum atomic E-state index is 0.128. The molecule has 1 spiro atoms. The molecule has 2 aliphatic heterocycles. The summed E-state index contributed by atoms with van der Waals surface area (Å²) in [5.74, 6) is 1.22. The molecule has 1 atom stereocenters. The summed E-state index contributed by atoms with van der Waals surface area (Å²) in [6.45, 7) is 7.18. The average Bonchev–Trinajstić information content (AvgIpc) is 2.67. The Kier molecular flexibility index (Phi) is 4.76.